The molecule has 0 saturated carbocycles. The molecule has 0 aliphatic rings. The maximum Gasteiger partial charge on any atom is 0.178 e. The van der Waals surface area contributed by atoms with Gasteiger partial charge in [0.1, 0.15) is 13.0 Å². The third-order valence-corrected chi connectivity index (χ3v) is 1.48. The zero-order valence-electron chi connectivity index (χ0n) is 6.66. The molecular formula is C8H9BNO. The van der Waals surface area contributed by atoms with E-state index in [4.69, 9.17) is 0 Å². The minimum Gasteiger partial charge on any atom is -0.293 e. The van der Waals surface area contributed by atoms with Gasteiger partial charge in [0.2, 0.25) is 0 Å². The minimum atomic E-state index is 0.00709. The normalized spacial score (nSPS) is 9.27. The van der Waals surface area contributed by atoms with Crippen LogP contribution < -0.4 is 5.46 Å². The monoisotopic (exact) mass is 146 g/mol. The Morgan fingerprint density at radius 2 is 2.27 bits per heavy atom. The number of hydrogen-bond acceptors (Lipinski definition) is 2. The van der Waals surface area contributed by atoms with Crippen molar-refractivity contribution in [3.8, 4) is 0 Å². The molecule has 1 radical (unpaired) electrons. The van der Waals surface area contributed by atoms with E-state index in [0.717, 1.165) is 5.46 Å². The van der Waals surface area contributed by atoms with Gasteiger partial charge in [0, 0.05) is 13.1 Å². The first-order valence-corrected chi connectivity index (χ1v) is 3.50. The van der Waals surface area contributed by atoms with E-state index in [9.17, 15) is 4.79 Å². The summed E-state index contributed by atoms with van der Waals surface area (Å²) in [6, 6.07) is 3.61. The number of carbonyl (C=O) groups is 1. The van der Waals surface area contributed by atoms with Gasteiger partial charge in [-0.1, -0.05) is 18.4 Å². The van der Waals surface area contributed by atoms with Crippen molar-refractivity contribution in [2.24, 2.45) is 0 Å². The molecule has 0 bridgehead atoms. The van der Waals surface area contributed by atoms with Crippen molar-refractivity contribution >= 4 is 18.5 Å². The lowest BCUT2D eigenvalue weighted by Gasteiger charge is -1.95. The lowest BCUT2D eigenvalue weighted by molar-refractivity contribution is 0.101. The second-order valence-electron chi connectivity index (χ2n) is 2.32. The molecule has 2 nitrogen and oxygen atoms in total. The van der Waals surface area contributed by atoms with Crippen LogP contribution in [0.5, 0.6) is 0 Å². The molecule has 0 fully saturated rings. The highest BCUT2D eigenvalue weighted by atomic mass is 16.1. The van der Waals surface area contributed by atoms with Gasteiger partial charge in [-0.05, 0) is 6.07 Å². The van der Waals surface area contributed by atoms with E-state index in [1.807, 2.05) is 20.2 Å². The van der Waals surface area contributed by atoms with Gasteiger partial charge < -0.3 is 0 Å². The average molecular weight is 146 g/mol. The van der Waals surface area contributed by atoms with Crippen molar-refractivity contribution in [1.29, 1.82) is 0 Å². The number of rotatable bonds is 2. The van der Waals surface area contributed by atoms with Gasteiger partial charge in [-0.15, -0.1) is 0 Å². The lowest BCUT2D eigenvalue weighted by atomic mass is 9.74. The molecule has 0 aromatic carbocycles. The lowest BCUT2D eigenvalue weighted by Crippen LogP contribution is -2.12. The molecule has 55 valence electrons. The van der Waals surface area contributed by atoms with E-state index in [1.54, 1.807) is 12.3 Å². The number of aromatic nitrogens is 1. The van der Waals surface area contributed by atoms with Crippen LogP contribution in [0.1, 0.15) is 17.4 Å². The quantitative estimate of drug-likeness (QED) is 0.453. The molecule has 0 unspecified atom stereocenters. The second kappa shape index (κ2) is 3.33. The molecule has 0 aliphatic carbocycles. The third-order valence-electron chi connectivity index (χ3n) is 1.48. The van der Waals surface area contributed by atoms with Crippen LogP contribution in [-0.2, 0) is 0 Å². The molecule has 11 heavy (non-hydrogen) atoms. The number of nitrogens with zero attached hydrogens (tertiary/aromatic N) is 1. The average Bonchev–Trinajstić information content (AvgIpc) is 2.05. The van der Waals surface area contributed by atoms with Gasteiger partial charge in [-0.25, -0.2) is 0 Å². The van der Waals surface area contributed by atoms with Crippen LogP contribution in [0.4, 0.5) is 0 Å². The van der Waals surface area contributed by atoms with Crippen molar-refractivity contribution in [3.63, 3.8) is 0 Å². The van der Waals surface area contributed by atoms with Crippen molar-refractivity contribution < 1.29 is 4.79 Å². The van der Waals surface area contributed by atoms with Gasteiger partial charge in [0.25, 0.3) is 0 Å². The molecule has 0 N–H and O–H groups in total. The van der Waals surface area contributed by atoms with E-state index in [2.05, 4.69) is 4.98 Å². The molecule has 0 spiro atoms. The van der Waals surface area contributed by atoms with Crippen molar-refractivity contribution in [3.05, 3.63) is 24.0 Å². The standard InChI is InChI=1S/C8H9BNO/c1-6(11)8-4-3-7(9-2)5-10-8/h3-5H,1-2H3. The Balaban J connectivity index is 2.91. The summed E-state index contributed by atoms with van der Waals surface area (Å²) in [6.07, 6.45) is 1.69. The summed E-state index contributed by atoms with van der Waals surface area (Å²) < 4.78 is 0. The summed E-state index contributed by atoms with van der Waals surface area (Å²) in [5, 5.41) is 0. The van der Waals surface area contributed by atoms with Gasteiger partial charge in [-0.3, -0.25) is 9.78 Å². The number of Topliss-reactive ketones (excluding diaryl/α,β-unsaturated/α-hetero) is 1. The highest BCUT2D eigenvalue weighted by molar-refractivity contribution is 6.51. The third kappa shape index (κ3) is 1.90. The number of ketones is 1. The van der Waals surface area contributed by atoms with E-state index < -0.39 is 0 Å². The highest BCUT2D eigenvalue weighted by Gasteiger charge is 1.98. The predicted molar refractivity (Wildman–Crippen MR) is 45.5 cm³/mol. The van der Waals surface area contributed by atoms with Gasteiger partial charge in [0.05, 0.1) is 0 Å². The predicted octanol–water partition coefficient (Wildman–Crippen LogP) is 0.662. The summed E-state index contributed by atoms with van der Waals surface area (Å²) in [6.45, 7) is 3.45. The van der Waals surface area contributed by atoms with Crippen LogP contribution in [0.15, 0.2) is 18.3 Å². The molecule has 0 atom stereocenters. The zero-order chi connectivity index (χ0) is 8.27. The Labute approximate surface area is 66.9 Å². The summed E-state index contributed by atoms with van der Waals surface area (Å²) in [7, 11) is 1.94. The maximum atomic E-state index is 10.8. The van der Waals surface area contributed by atoms with Crippen LogP contribution in [0.2, 0.25) is 6.82 Å². The Hall–Kier alpha value is -1.12. The van der Waals surface area contributed by atoms with Gasteiger partial charge in [-0.2, -0.15) is 0 Å². The first kappa shape index (κ1) is 7.99. The Morgan fingerprint density at radius 1 is 1.55 bits per heavy atom. The largest absolute Gasteiger partial charge is 0.293 e. The molecule has 1 aromatic heterocycles. The first-order valence-electron chi connectivity index (χ1n) is 3.50. The Bertz CT molecular complexity index is 255. The summed E-state index contributed by atoms with van der Waals surface area (Å²) >= 11 is 0. The maximum absolute atomic E-state index is 10.8. The van der Waals surface area contributed by atoms with Crippen LogP contribution in [-0.4, -0.2) is 18.0 Å². The first-order chi connectivity index (χ1) is 5.24. The van der Waals surface area contributed by atoms with Gasteiger partial charge >= 0.3 is 0 Å². The molecule has 3 heteroatoms. The Kier molecular flexibility index (Phi) is 2.42. The smallest absolute Gasteiger partial charge is 0.178 e. The fraction of sp³-hybridized carbons (Fsp3) is 0.250. The fourth-order valence-corrected chi connectivity index (χ4v) is 0.784. The fourth-order valence-electron chi connectivity index (χ4n) is 0.784. The summed E-state index contributed by atoms with van der Waals surface area (Å²) in [5.74, 6) is 0.00709. The molecule has 0 aliphatic heterocycles. The summed E-state index contributed by atoms with van der Waals surface area (Å²) in [5.41, 5.74) is 1.56. The molecular weight excluding hydrogens is 137 g/mol. The molecule has 1 aromatic rings. The van der Waals surface area contributed by atoms with Crippen LogP contribution in [0.3, 0.4) is 0 Å². The van der Waals surface area contributed by atoms with Crippen molar-refractivity contribution in [2.45, 2.75) is 13.7 Å². The Morgan fingerprint density at radius 3 is 2.64 bits per heavy atom. The van der Waals surface area contributed by atoms with Gasteiger partial charge in [0.15, 0.2) is 5.78 Å². The molecule has 0 amide bonds. The van der Waals surface area contributed by atoms with Crippen molar-refractivity contribution in [2.75, 3.05) is 0 Å². The topological polar surface area (TPSA) is 30.0 Å². The van der Waals surface area contributed by atoms with Crippen molar-refractivity contribution in [1.82, 2.24) is 4.98 Å². The zero-order valence-corrected chi connectivity index (χ0v) is 6.66. The second-order valence-corrected chi connectivity index (χ2v) is 2.32. The van der Waals surface area contributed by atoms with E-state index in [-0.39, 0.29) is 5.78 Å². The van der Waals surface area contributed by atoms with E-state index >= 15 is 0 Å². The molecule has 1 rings (SSSR count). The van der Waals surface area contributed by atoms with Crippen LogP contribution in [0.25, 0.3) is 0 Å². The number of carbonyl (C=O) groups excluding carboxylic acids is 1. The van der Waals surface area contributed by atoms with E-state index in [1.165, 1.54) is 6.92 Å². The van der Waals surface area contributed by atoms with Crippen LogP contribution >= 0.6 is 0 Å². The summed E-state index contributed by atoms with van der Waals surface area (Å²) in [4.78, 5) is 14.7. The molecule has 1 heterocycles. The highest BCUT2D eigenvalue weighted by Crippen LogP contribution is 1.91. The van der Waals surface area contributed by atoms with E-state index in [0.29, 0.717) is 5.69 Å². The SMILES string of the molecule is C[B]c1ccc(C(C)=O)nc1. The van der Waals surface area contributed by atoms with Crippen LogP contribution in [0, 0.1) is 0 Å². The number of pyridine rings is 1. The molecule has 0 saturated heterocycles. The minimum absolute atomic E-state index is 0.00709. The number of hydrogen-bond donors (Lipinski definition) is 0.